The zero-order valence-electron chi connectivity index (χ0n) is 13.1. The Hall–Kier alpha value is -1.31. The van der Waals surface area contributed by atoms with E-state index in [1.807, 2.05) is 0 Å². The Kier molecular flexibility index (Phi) is 14.7. The van der Waals surface area contributed by atoms with E-state index >= 15 is 0 Å². The summed E-state index contributed by atoms with van der Waals surface area (Å²) in [6.45, 7) is 4.19. The van der Waals surface area contributed by atoms with E-state index in [9.17, 15) is 4.79 Å². The van der Waals surface area contributed by atoms with Gasteiger partial charge in [-0.2, -0.15) is 0 Å². The van der Waals surface area contributed by atoms with Crippen LogP contribution in [-0.4, -0.2) is 12.6 Å². The van der Waals surface area contributed by atoms with Crippen molar-refractivity contribution in [3.05, 3.63) is 36.5 Å². The Bertz CT molecular complexity index is 301. The predicted molar refractivity (Wildman–Crippen MR) is 86.7 cm³/mol. The van der Waals surface area contributed by atoms with Crippen LogP contribution < -0.4 is 0 Å². The highest BCUT2D eigenvalue weighted by Crippen LogP contribution is 2.01. The maximum atomic E-state index is 10.5. The number of allylic oxidation sites excluding steroid dienone is 6. The largest absolute Gasteiger partial charge is 0.466 e. The average Bonchev–Trinajstić information content (AvgIpc) is 2.43. The molecule has 0 N–H and O–H groups in total. The van der Waals surface area contributed by atoms with Gasteiger partial charge >= 0.3 is 5.97 Å². The first kappa shape index (κ1) is 18.7. The molecule has 114 valence electrons. The van der Waals surface area contributed by atoms with Gasteiger partial charge in [0.25, 0.3) is 0 Å². The number of ether oxygens (including phenoxy) is 1. The first-order chi connectivity index (χ1) is 9.77. The highest BCUT2D eigenvalue weighted by molar-refractivity contribution is 5.65. The first-order valence-electron chi connectivity index (χ1n) is 7.87. The first-order valence-corrected chi connectivity index (χ1v) is 7.87. The van der Waals surface area contributed by atoms with Crippen LogP contribution in [0, 0.1) is 0 Å². The number of esters is 1. The molecular formula is C18H30O2. The molecule has 0 unspecified atom stereocenters. The third-order valence-corrected chi connectivity index (χ3v) is 2.84. The molecular weight excluding hydrogens is 248 g/mol. The van der Waals surface area contributed by atoms with Gasteiger partial charge in [-0.1, -0.05) is 56.2 Å². The number of rotatable bonds is 12. The fourth-order valence-electron chi connectivity index (χ4n) is 1.68. The summed E-state index contributed by atoms with van der Waals surface area (Å²) < 4.78 is 4.85. The van der Waals surface area contributed by atoms with Gasteiger partial charge in [-0.25, -0.2) is 0 Å². The quantitative estimate of drug-likeness (QED) is 0.208. The van der Waals surface area contributed by atoms with Gasteiger partial charge in [0, 0.05) is 6.92 Å². The molecule has 0 spiro atoms. The van der Waals surface area contributed by atoms with Crippen molar-refractivity contribution in [1.29, 1.82) is 0 Å². The maximum absolute atomic E-state index is 10.5. The van der Waals surface area contributed by atoms with E-state index in [2.05, 4.69) is 43.4 Å². The summed E-state index contributed by atoms with van der Waals surface area (Å²) in [5, 5.41) is 0. The van der Waals surface area contributed by atoms with Crippen LogP contribution >= 0.6 is 0 Å². The molecule has 0 amide bonds. The van der Waals surface area contributed by atoms with Crippen molar-refractivity contribution in [1.82, 2.24) is 0 Å². The second kappa shape index (κ2) is 15.7. The van der Waals surface area contributed by atoms with Crippen molar-refractivity contribution >= 4 is 5.97 Å². The lowest BCUT2D eigenvalue weighted by Crippen LogP contribution is -1.99. The average molecular weight is 278 g/mol. The van der Waals surface area contributed by atoms with Gasteiger partial charge in [-0.3, -0.25) is 4.79 Å². The predicted octanol–water partition coefficient (Wildman–Crippen LogP) is 5.36. The summed E-state index contributed by atoms with van der Waals surface area (Å²) in [6, 6.07) is 0. The highest BCUT2D eigenvalue weighted by atomic mass is 16.5. The van der Waals surface area contributed by atoms with Crippen LogP contribution in [0.3, 0.4) is 0 Å². The van der Waals surface area contributed by atoms with Gasteiger partial charge in [0.2, 0.25) is 0 Å². The molecule has 0 aromatic rings. The van der Waals surface area contributed by atoms with Crippen LogP contribution in [0.5, 0.6) is 0 Å². The lowest BCUT2D eigenvalue weighted by molar-refractivity contribution is -0.141. The molecule has 2 nitrogen and oxygen atoms in total. The van der Waals surface area contributed by atoms with Gasteiger partial charge in [-0.05, 0) is 38.5 Å². The van der Waals surface area contributed by atoms with Crippen LogP contribution in [0.25, 0.3) is 0 Å². The summed E-state index contributed by atoms with van der Waals surface area (Å²) in [7, 11) is 0. The number of hydrogen-bond donors (Lipinski definition) is 0. The third kappa shape index (κ3) is 16.7. The standard InChI is InChI=1S/C18H30O2/c1-3-4-5-6-7-8-9-10-11-12-13-14-15-16-17-20-18(2)19/h6-7,11-14H,3-5,8-10,15-17H2,1-2H3/b7-6-,12-11+,14-13+. The summed E-state index contributed by atoms with van der Waals surface area (Å²) >= 11 is 0. The summed E-state index contributed by atoms with van der Waals surface area (Å²) in [5.74, 6) is -0.197. The van der Waals surface area contributed by atoms with Crippen molar-refractivity contribution in [2.24, 2.45) is 0 Å². The molecule has 0 rings (SSSR count). The minimum atomic E-state index is -0.197. The van der Waals surface area contributed by atoms with Crippen molar-refractivity contribution in [3.63, 3.8) is 0 Å². The van der Waals surface area contributed by atoms with Gasteiger partial charge < -0.3 is 4.74 Å². The van der Waals surface area contributed by atoms with E-state index in [0.717, 1.165) is 19.3 Å². The van der Waals surface area contributed by atoms with Crippen molar-refractivity contribution < 1.29 is 9.53 Å². The number of hydrogen-bond acceptors (Lipinski definition) is 2. The SMILES string of the molecule is CCCC/C=C\CCC/C=C/C=C/CCCOC(C)=O. The molecule has 0 radical (unpaired) electrons. The summed E-state index contributed by atoms with van der Waals surface area (Å²) in [4.78, 5) is 10.5. The van der Waals surface area contributed by atoms with E-state index in [0.29, 0.717) is 6.61 Å². The van der Waals surface area contributed by atoms with E-state index in [-0.39, 0.29) is 5.97 Å². The Morgan fingerprint density at radius 1 is 0.850 bits per heavy atom. The topological polar surface area (TPSA) is 26.3 Å². The van der Waals surface area contributed by atoms with Gasteiger partial charge in [-0.15, -0.1) is 0 Å². The monoisotopic (exact) mass is 278 g/mol. The van der Waals surface area contributed by atoms with Crippen molar-refractivity contribution in [2.45, 2.75) is 65.2 Å². The normalized spacial score (nSPS) is 11.9. The third-order valence-electron chi connectivity index (χ3n) is 2.84. The van der Waals surface area contributed by atoms with Gasteiger partial charge in [0.05, 0.1) is 6.61 Å². The van der Waals surface area contributed by atoms with E-state index in [1.54, 1.807) is 0 Å². The molecule has 20 heavy (non-hydrogen) atoms. The fraction of sp³-hybridized carbons (Fsp3) is 0.611. The van der Waals surface area contributed by atoms with Crippen molar-refractivity contribution in [2.75, 3.05) is 6.61 Å². The smallest absolute Gasteiger partial charge is 0.302 e. The Morgan fingerprint density at radius 3 is 2.00 bits per heavy atom. The zero-order valence-corrected chi connectivity index (χ0v) is 13.1. The molecule has 0 bridgehead atoms. The van der Waals surface area contributed by atoms with Gasteiger partial charge in [0.1, 0.15) is 0 Å². The second-order valence-corrected chi connectivity index (χ2v) is 4.88. The van der Waals surface area contributed by atoms with E-state index in [4.69, 9.17) is 4.74 Å². The molecule has 0 aliphatic heterocycles. The molecule has 2 heteroatoms. The molecule has 0 atom stereocenters. The van der Waals surface area contributed by atoms with Crippen LogP contribution in [0.1, 0.15) is 65.2 Å². The molecule has 0 aliphatic carbocycles. The lowest BCUT2D eigenvalue weighted by Gasteiger charge is -1.97. The zero-order chi connectivity index (χ0) is 14.9. The van der Waals surface area contributed by atoms with Crippen LogP contribution in [0.2, 0.25) is 0 Å². The molecule has 0 heterocycles. The minimum absolute atomic E-state index is 0.197. The molecule has 0 saturated heterocycles. The second-order valence-electron chi connectivity index (χ2n) is 4.88. The van der Waals surface area contributed by atoms with E-state index < -0.39 is 0 Å². The van der Waals surface area contributed by atoms with Crippen LogP contribution in [0.4, 0.5) is 0 Å². The molecule has 0 fully saturated rings. The van der Waals surface area contributed by atoms with Crippen LogP contribution in [0.15, 0.2) is 36.5 Å². The Labute approximate surface area is 124 Å². The summed E-state index contributed by atoms with van der Waals surface area (Å²) in [5.41, 5.74) is 0. The molecule has 0 aromatic heterocycles. The molecule has 0 saturated carbocycles. The molecule has 0 aromatic carbocycles. The number of carbonyl (C=O) groups is 1. The van der Waals surface area contributed by atoms with Gasteiger partial charge in [0.15, 0.2) is 0 Å². The minimum Gasteiger partial charge on any atom is -0.466 e. The van der Waals surface area contributed by atoms with E-state index in [1.165, 1.54) is 39.0 Å². The number of carbonyl (C=O) groups excluding carboxylic acids is 1. The lowest BCUT2D eigenvalue weighted by atomic mass is 10.2. The highest BCUT2D eigenvalue weighted by Gasteiger charge is 1.89. The molecule has 0 aliphatic rings. The van der Waals surface area contributed by atoms with Crippen molar-refractivity contribution in [3.8, 4) is 0 Å². The van der Waals surface area contributed by atoms with Crippen LogP contribution in [-0.2, 0) is 9.53 Å². The fourth-order valence-corrected chi connectivity index (χ4v) is 1.68. The maximum Gasteiger partial charge on any atom is 0.302 e. The Morgan fingerprint density at radius 2 is 1.40 bits per heavy atom. The summed E-state index contributed by atoms with van der Waals surface area (Å²) in [6.07, 6.45) is 22.3. The number of unbranched alkanes of at least 4 members (excludes halogenated alkanes) is 5. The Balaban J connectivity index is 3.30.